The van der Waals surface area contributed by atoms with Crippen molar-refractivity contribution in [2.75, 3.05) is 27.9 Å². The molecule has 0 saturated heterocycles. The van der Waals surface area contributed by atoms with Gasteiger partial charge >= 0.3 is 5.97 Å². The van der Waals surface area contributed by atoms with Crippen molar-refractivity contribution in [1.82, 2.24) is 4.90 Å². The minimum Gasteiger partial charge on any atom is -0.497 e. The number of ether oxygens (including phenoxy) is 3. The molecule has 0 aliphatic carbocycles. The zero-order valence-electron chi connectivity index (χ0n) is 14.6. The van der Waals surface area contributed by atoms with Crippen LogP contribution in [0.2, 0.25) is 0 Å². The number of methoxy groups -OCH3 is 3. The summed E-state index contributed by atoms with van der Waals surface area (Å²) >= 11 is 0. The average molecular weight is 347 g/mol. The number of benzene rings is 2. The fraction of sp³-hybridized carbons (Fsp3) is 0.316. The van der Waals surface area contributed by atoms with Crippen molar-refractivity contribution >= 4 is 5.97 Å². The molecule has 0 N–H and O–H groups in total. The molecule has 0 spiro atoms. The van der Waals surface area contributed by atoms with E-state index in [-0.39, 0.29) is 18.3 Å². The second-order valence-electron chi connectivity index (χ2n) is 5.57. The van der Waals surface area contributed by atoms with Crippen LogP contribution < -0.4 is 9.47 Å². The third-order valence-corrected chi connectivity index (χ3v) is 3.69. The third-order valence-electron chi connectivity index (χ3n) is 3.69. The molecule has 0 bridgehead atoms. The van der Waals surface area contributed by atoms with Gasteiger partial charge in [0, 0.05) is 19.2 Å². The number of carbonyl (C=O) groups excluding carboxylic acids is 1. The first-order chi connectivity index (χ1) is 12.0. The molecule has 5 nitrogen and oxygen atoms in total. The molecule has 0 heterocycles. The van der Waals surface area contributed by atoms with Gasteiger partial charge in [0.05, 0.1) is 27.9 Å². The molecule has 0 atom stereocenters. The maximum Gasteiger partial charge on any atom is 0.319 e. The highest BCUT2D eigenvalue weighted by molar-refractivity contribution is 5.71. The molecule has 134 valence electrons. The van der Waals surface area contributed by atoms with Crippen LogP contribution in [0.25, 0.3) is 0 Å². The van der Waals surface area contributed by atoms with Crippen LogP contribution in [0.1, 0.15) is 11.1 Å². The standard InChI is InChI=1S/C19H22FNO4/c1-23-17-8-15(9-18(10-17)24-2)12-21(13-19(22)25-3)11-14-5-4-6-16(20)7-14/h4-10H,11-13H2,1-3H3. The molecule has 2 aromatic rings. The first kappa shape index (κ1) is 18.7. The molecule has 0 aliphatic heterocycles. The lowest BCUT2D eigenvalue weighted by Gasteiger charge is -2.22. The molecule has 0 fully saturated rings. The molecular weight excluding hydrogens is 325 g/mol. The lowest BCUT2D eigenvalue weighted by atomic mass is 10.1. The monoisotopic (exact) mass is 347 g/mol. The largest absolute Gasteiger partial charge is 0.497 e. The minimum atomic E-state index is -0.355. The van der Waals surface area contributed by atoms with E-state index in [2.05, 4.69) is 0 Å². The summed E-state index contributed by atoms with van der Waals surface area (Å²) in [5, 5.41) is 0. The van der Waals surface area contributed by atoms with E-state index in [0.717, 1.165) is 11.1 Å². The minimum absolute atomic E-state index is 0.0898. The zero-order valence-corrected chi connectivity index (χ0v) is 14.6. The van der Waals surface area contributed by atoms with Crippen molar-refractivity contribution in [3.63, 3.8) is 0 Å². The summed E-state index contributed by atoms with van der Waals surface area (Å²) in [6.07, 6.45) is 0. The van der Waals surface area contributed by atoms with E-state index >= 15 is 0 Å². The fourth-order valence-corrected chi connectivity index (χ4v) is 2.52. The summed E-state index contributed by atoms with van der Waals surface area (Å²) in [6, 6.07) is 11.8. The molecule has 2 rings (SSSR count). The Morgan fingerprint density at radius 3 is 2.16 bits per heavy atom. The van der Waals surface area contributed by atoms with Gasteiger partial charge in [0.1, 0.15) is 17.3 Å². The molecule has 0 radical (unpaired) electrons. The Morgan fingerprint density at radius 2 is 1.60 bits per heavy atom. The molecule has 2 aromatic carbocycles. The highest BCUT2D eigenvalue weighted by atomic mass is 19.1. The summed E-state index contributed by atoms with van der Waals surface area (Å²) in [7, 11) is 4.51. The van der Waals surface area contributed by atoms with Crippen molar-refractivity contribution < 1.29 is 23.4 Å². The van der Waals surface area contributed by atoms with Gasteiger partial charge in [0.15, 0.2) is 0 Å². The molecule has 0 aromatic heterocycles. The van der Waals surface area contributed by atoms with Crippen molar-refractivity contribution in [2.24, 2.45) is 0 Å². The van der Waals surface area contributed by atoms with Gasteiger partial charge in [-0.15, -0.1) is 0 Å². The van der Waals surface area contributed by atoms with E-state index in [9.17, 15) is 9.18 Å². The smallest absolute Gasteiger partial charge is 0.319 e. The SMILES string of the molecule is COC(=O)CN(Cc1cccc(F)c1)Cc1cc(OC)cc(OC)c1. The lowest BCUT2D eigenvalue weighted by molar-refractivity contribution is -0.142. The van der Waals surface area contributed by atoms with Gasteiger partial charge in [0.2, 0.25) is 0 Å². The molecular formula is C19H22FNO4. The van der Waals surface area contributed by atoms with Gasteiger partial charge in [-0.3, -0.25) is 9.69 Å². The molecule has 0 amide bonds. The molecule has 25 heavy (non-hydrogen) atoms. The van der Waals surface area contributed by atoms with Crippen LogP contribution >= 0.6 is 0 Å². The van der Waals surface area contributed by atoms with E-state index in [1.165, 1.54) is 19.2 Å². The van der Waals surface area contributed by atoms with Crippen LogP contribution in [0.4, 0.5) is 4.39 Å². The Bertz CT molecular complexity index is 698. The maximum absolute atomic E-state index is 13.4. The number of esters is 1. The zero-order chi connectivity index (χ0) is 18.2. The molecule has 0 unspecified atom stereocenters. The predicted octanol–water partition coefficient (Wildman–Crippen LogP) is 3.02. The van der Waals surface area contributed by atoms with Crippen LogP contribution in [-0.4, -0.2) is 38.7 Å². The van der Waals surface area contributed by atoms with Gasteiger partial charge in [0.25, 0.3) is 0 Å². The number of rotatable bonds is 8. The Balaban J connectivity index is 2.22. The van der Waals surface area contributed by atoms with Crippen LogP contribution in [0.3, 0.4) is 0 Å². The van der Waals surface area contributed by atoms with Crippen molar-refractivity contribution in [3.8, 4) is 11.5 Å². The van der Waals surface area contributed by atoms with Gasteiger partial charge in [-0.1, -0.05) is 12.1 Å². The summed E-state index contributed by atoms with van der Waals surface area (Å²) in [6.45, 7) is 0.956. The predicted molar refractivity (Wildman–Crippen MR) is 92.1 cm³/mol. The van der Waals surface area contributed by atoms with Crippen LogP contribution in [0, 0.1) is 5.82 Å². The Kier molecular flexibility index (Phi) is 6.77. The van der Waals surface area contributed by atoms with Crippen molar-refractivity contribution in [1.29, 1.82) is 0 Å². The van der Waals surface area contributed by atoms with Gasteiger partial charge in [-0.25, -0.2) is 4.39 Å². The molecule has 6 heteroatoms. The lowest BCUT2D eigenvalue weighted by Crippen LogP contribution is -2.29. The summed E-state index contributed by atoms with van der Waals surface area (Å²) in [5.41, 5.74) is 1.69. The number of hydrogen-bond acceptors (Lipinski definition) is 5. The quantitative estimate of drug-likeness (QED) is 0.687. The molecule has 0 aliphatic rings. The normalized spacial score (nSPS) is 10.6. The van der Waals surface area contributed by atoms with Crippen molar-refractivity contribution in [2.45, 2.75) is 13.1 Å². The van der Waals surface area contributed by atoms with Gasteiger partial charge in [-0.2, -0.15) is 0 Å². The average Bonchev–Trinajstić information content (AvgIpc) is 2.61. The molecule has 0 saturated carbocycles. The van der Waals surface area contributed by atoms with Crippen LogP contribution in [0.5, 0.6) is 11.5 Å². The first-order valence-corrected chi connectivity index (χ1v) is 7.79. The fourth-order valence-electron chi connectivity index (χ4n) is 2.52. The highest BCUT2D eigenvalue weighted by Crippen LogP contribution is 2.24. The van der Waals surface area contributed by atoms with E-state index in [4.69, 9.17) is 14.2 Å². The van der Waals surface area contributed by atoms with E-state index < -0.39 is 0 Å². The summed E-state index contributed by atoms with van der Waals surface area (Å²) in [5.74, 6) is 0.668. The maximum atomic E-state index is 13.4. The van der Waals surface area contributed by atoms with E-state index in [1.54, 1.807) is 26.4 Å². The Morgan fingerprint density at radius 1 is 0.960 bits per heavy atom. The first-order valence-electron chi connectivity index (χ1n) is 7.79. The summed E-state index contributed by atoms with van der Waals surface area (Å²) in [4.78, 5) is 13.6. The Hall–Kier alpha value is -2.60. The van der Waals surface area contributed by atoms with Crippen LogP contribution in [0.15, 0.2) is 42.5 Å². The van der Waals surface area contributed by atoms with Crippen LogP contribution in [-0.2, 0) is 22.6 Å². The second-order valence-corrected chi connectivity index (χ2v) is 5.57. The second kappa shape index (κ2) is 9.03. The van der Waals surface area contributed by atoms with Crippen molar-refractivity contribution in [3.05, 3.63) is 59.4 Å². The topological polar surface area (TPSA) is 48.0 Å². The number of hydrogen-bond donors (Lipinski definition) is 0. The highest BCUT2D eigenvalue weighted by Gasteiger charge is 2.14. The third kappa shape index (κ3) is 5.76. The van der Waals surface area contributed by atoms with Gasteiger partial charge in [-0.05, 0) is 35.4 Å². The van der Waals surface area contributed by atoms with Gasteiger partial charge < -0.3 is 14.2 Å². The van der Waals surface area contributed by atoms with E-state index in [1.807, 2.05) is 23.1 Å². The number of carbonyl (C=O) groups is 1. The Labute approximate surface area is 146 Å². The van der Waals surface area contributed by atoms with E-state index in [0.29, 0.717) is 24.6 Å². The number of halogens is 1. The number of nitrogens with zero attached hydrogens (tertiary/aromatic N) is 1. The summed E-state index contributed by atoms with van der Waals surface area (Å²) < 4.78 is 28.7.